The summed E-state index contributed by atoms with van der Waals surface area (Å²) in [5.41, 5.74) is 0.487. The quantitative estimate of drug-likeness (QED) is 0.455. The zero-order chi connectivity index (χ0) is 21.3. The Morgan fingerprint density at radius 1 is 1.37 bits per heavy atom. The van der Waals surface area contributed by atoms with E-state index in [4.69, 9.17) is 4.74 Å². The van der Waals surface area contributed by atoms with Crippen LogP contribution in [0.3, 0.4) is 0 Å². The van der Waals surface area contributed by atoms with E-state index in [-0.39, 0.29) is 42.4 Å². The first-order chi connectivity index (χ1) is 14.5. The highest BCUT2D eigenvalue weighted by Gasteiger charge is 2.28. The van der Waals surface area contributed by atoms with Crippen molar-refractivity contribution in [1.82, 2.24) is 20.9 Å². The molecule has 30 heavy (non-hydrogen) atoms. The molecule has 2 aromatic rings. The van der Waals surface area contributed by atoms with Crippen molar-refractivity contribution < 1.29 is 19.1 Å². The molecular weight excluding hydrogens is 426 g/mol. The van der Waals surface area contributed by atoms with E-state index in [1.165, 1.54) is 23.1 Å². The number of thioether (sulfide) groups is 1. The number of hydrogen-bond acceptors (Lipinski definition) is 8. The second-order valence-electron chi connectivity index (χ2n) is 6.54. The molecule has 2 unspecified atom stereocenters. The van der Waals surface area contributed by atoms with Crippen LogP contribution in [0.1, 0.15) is 18.4 Å². The van der Waals surface area contributed by atoms with E-state index in [1.807, 2.05) is 24.3 Å². The highest BCUT2D eigenvalue weighted by atomic mass is 32.2. The molecule has 1 fully saturated rings. The lowest BCUT2D eigenvalue weighted by molar-refractivity contribution is -0.125. The Kier molecular flexibility index (Phi) is 8.05. The third kappa shape index (κ3) is 7.01. The first-order valence-corrected chi connectivity index (χ1v) is 11.2. The Morgan fingerprint density at radius 3 is 3.00 bits per heavy atom. The van der Waals surface area contributed by atoms with Crippen LogP contribution in [0.25, 0.3) is 0 Å². The Labute approximate surface area is 182 Å². The van der Waals surface area contributed by atoms with Gasteiger partial charge in [0.1, 0.15) is 11.2 Å². The fourth-order valence-corrected chi connectivity index (χ4v) is 4.28. The Balaban J connectivity index is 1.42. The van der Waals surface area contributed by atoms with Gasteiger partial charge in [-0.3, -0.25) is 19.7 Å². The first-order valence-electron chi connectivity index (χ1n) is 9.28. The van der Waals surface area contributed by atoms with Gasteiger partial charge in [-0.15, -0.1) is 23.1 Å². The number of aromatic nitrogens is 1. The summed E-state index contributed by atoms with van der Waals surface area (Å²) in [6.07, 6.45) is 1.98. The molecule has 1 aromatic carbocycles. The van der Waals surface area contributed by atoms with Crippen molar-refractivity contribution in [3.05, 3.63) is 41.4 Å². The molecular formula is C19H23N5O4S2. The van der Waals surface area contributed by atoms with Gasteiger partial charge in [0, 0.05) is 37.0 Å². The van der Waals surface area contributed by atoms with Crippen molar-refractivity contribution in [3.8, 4) is 5.75 Å². The molecule has 0 radical (unpaired) electrons. The lowest BCUT2D eigenvalue weighted by atomic mass is 10.1. The topological polar surface area (TPSA) is 121 Å². The lowest BCUT2D eigenvalue weighted by Crippen LogP contribution is -2.56. The number of nitrogens with zero attached hydrogens (tertiary/aromatic N) is 1. The van der Waals surface area contributed by atoms with Gasteiger partial charge in [-0.1, -0.05) is 12.1 Å². The summed E-state index contributed by atoms with van der Waals surface area (Å²) in [5, 5.41) is 13.8. The Hall–Kier alpha value is -2.63. The van der Waals surface area contributed by atoms with Crippen LogP contribution in [0, 0.1) is 0 Å². The average molecular weight is 450 g/mol. The summed E-state index contributed by atoms with van der Waals surface area (Å²) in [7, 11) is 1.59. The number of benzene rings is 1. The largest absolute Gasteiger partial charge is 0.497 e. The minimum absolute atomic E-state index is 0.145. The molecule has 2 atom stereocenters. The van der Waals surface area contributed by atoms with Crippen LogP contribution >= 0.6 is 23.1 Å². The minimum Gasteiger partial charge on any atom is -0.497 e. The van der Waals surface area contributed by atoms with Crippen molar-refractivity contribution >= 4 is 46.0 Å². The predicted octanol–water partition coefficient (Wildman–Crippen LogP) is 1.29. The Bertz CT molecular complexity index is 878. The summed E-state index contributed by atoms with van der Waals surface area (Å²) >= 11 is 2.59. The summed E-state index contributed by atoms with van der Waals surface area (Å²) in [6.45, 7) is 0.379. The second kappa shape index (κ2) is 11.0. The molecule has 4 N–H and O–H groups in total. The maximum Gasteiger partial charge on any atom is 0.236 e. The lowest BCUT2D eigenvalue weighted by Gasteiger charge is -2.30. The van der Waals surface area contributed by atoms with Gasteiger partial charge in [-0.25, -0.2) is 4.98 Å². The van der Waals surface area contributed by atoms with Gasteiger partial charge in [0.25, 0.3) is 0 Å². The fraction of sp³-hybridized carbons (Fsp3) is 0.368. The number of amides is 3. The van der Waals surface area contributed by atoms with Crippen molar-refractivity contribution in [2.24, 2.45) is 0 Å². The Morgan fingerprint density at radius 2 is 2.23 bits per heavy atom. The standard InChI is InChI=1S/C19H23N5O4S2/c1-28-14-4-2-3-12(7-14)10-21-15(25)8-13-9-16(26)23-19(22-13)30-11-17(27)24-18-20-5-6-29-18/h2-7,13,19,22H,8-11H2,1H3,(H,21,25)(H,23,26)(H,20,24,27). The van der Waals surface area contributed by atoms with Gasteiger partial charge >= 0.3 is 0 Å². The molecule has 9 nitrogen and oxygen atoms in total. The van der Waals surface area contributed by atoms with E-state index in [1.54, 1.807) is 18.7 Å². The van der Waals surface area contributed by atoms with Crippen LogP contribution in [-0.2, 0) is 20.9 Å². The molecule has 160 valence electrons. The molecule has 0 bridgehead atoms. The van der Waals surface area contributed by atoms with E-state index in [0.29, 0.717) is 11.7 Å². The van der Waals surface area contributed by atoms with Gasteiger partial charge in [-0.05, 0) is 17.7 Å². The number of nitrogens with one attached hydrogen (secondary N) is 4. The summed E-state index contributed by atoms with van der Waals surface area (Å²) < 4.78 is 5.17. The molecule has 1 aliphatic heterocycles. The highest BCUT2D eigenvalue weighted by molar-refractivity contribution is 8.00. The molecule has 1 aromatic heterocycles. The number of carbonyl (C=O) groups is 3. The molecule has 2 heterocycles. The van der Waals surface area contributed by atoms with Gasteiger partial charge in [0.15, 0.2) is 5.13 Å². The predicted molar refractivity (Wildman–Crippen MR) is 116 cm³/mol. The van der Waals surface area contributed by atoms with E-state index < -0.39 is 5.50 Å². The van der Waals surface area contributed by atoms with Crippen LogP contribution in [-0.4, -0.2) is 47.1 Å². The number of hydrogen-bond donors (Lipinski definition) is 4. The molecule has 3 amide bonds. The second-order valence-corrected chi connectivity index (χ2v) is 8.53. The number of anilines is 1. The normalized spacial score (nSPS) is 18.4. The van der Waals surface area contributed by atoms with Crippen molar-refractivity contribution in [2.75, 3.05) is 18.2 Å². The molecule has 1 aliphatic rings. The third-order valence-electron chi connectivity index (χ3n) is 4.23. The zero-order valence-electron chi connectivity index (χ0n) is 16.3. The summed E-state index contributed by atoms with van der Waals surface area (Å²) in [5.74, 6) is 0.356. The molecule has 11 heteroatoms. The van der Waals surface area contributed by atoms with Gasteiger partial charge < -0.3 is 20.7 Å². The van der Waals surface area contributed by atoms with Crippen molar-refractivity contribution in [1.29, 1.82) is 0 Å². The summed E-state index contributed by atoms with van der Waals surface area (Å²) in [4.78, 5) is 40.3. The number of rotatable bonds is 9. The fourth-order valence-electron chi connectivity index (χ4n) is 2.84. The first kappa shape index (κ1) is 22.1. The van der Waals surface area contributed by atoms with Crippen LogP contribution in [0.15, 0.2) is 35.8 Å². The molecule has 1 saturated heterocycles. The number of carbonyl (C=O) groups excluding carboxylic acids is 3. The van der Waals surface area contributed by atoms with Crippen molar-refractivity contribution in [2.45, 2.75) is 30.9 Å². The summed E-state index contributed by atoms with van der Waals surface area (Å²) in [6, 6.07) is 7.16. The monoisotopic (exact) mass is 449 g/mol. The number of ether oxygens (including phenoxy) is 1. The molecule has 0 spiro atoms. The van der Waals surface area contributed by atoms with E-state index in [9.17, 15) is 14.4 Å². The van der Waals surface area contributed by atoms with E-state index in [2.05, 4.69) is 26.3 Å². The van der Waals surface area contributed by atoms with Crippen LogP contribution < -0.4 is 26.0 Å². The van der Waals surface area contributed by atoms with Crippen LogP contribution in [0.2, 0.25) is 0 Å². The number of methoxy groups -OCH3 is 1. The van der Waals surface area contributed by atoms with Gasteiger partial charge in [-0.2, -0.15) is 0 Å². The van der Waals surface area contributed by atoms with Crippen molar-refractivity contribution in [3.63, 3.8) is 0 Å². The average Bonchev–Trinajstić information content (AvgIpc) is 3.23. The minimum atomic E-state index is -0.440. The van der Waals surface area contributed by atoms with Gasteiger partial charge in [0.2, 0.25) is 17.7 Å². The SMILES string of the molecule is COc1cccc(CNC(=O)CC2CC(=O)NC(SCC(=O)Nc3nccs3)N2)c1. The van der Waals surface area contributed by atoms with Crippen LogP contribution in [0.5, 0.6) is 5.75 Å². The molecule has 0 aliphatic carbocycles. The third-order valence-corrected chi connectivity index (χ3v) is 5.93. The molecule has 3 rings (SSSR count). The van der Waals surface area contributed by atoms with Gasteiger partial charge in [0.05, 0.1) is 12.9 Å². The van der Waals surface area contributed by atoms with Crippen LogP contribution in [0.4, 0.5) is 5.13 Å². The zero-order valence-corrected chi connectivity index (χ0v) is 18.0. The smallest absolute Gasteiger partial charge is 0.236 e. The maximum absolute atomic E-state index is 12.3. The van der Waals surface area contributed by atoms with E-state index in [0.717, 1.165) is 11.3 Å². The van der Waals surface area contributed by atoms with E-state index >= 15 is 0 Å². The highest BCUT2D eigenvalue weighted by Crippen LogP contribution is 2.16. The number of thiazole rings is 1. The molecule has 0 saturated carbocycles. The maximum atomic E-state index is 12.3.